The number of esters is 1. The zero-order chi connectivity index (χ0) is 15.5. The summed E-state index contributed by atoms with van der Waals surface area (Å²) in [6, 6.07) is 4.74. The maximum atomic E-state index is 12.2. The Morgan fingerprint density at radius 3 is 2.45 bits per heavy atom. The van der Waals surface area contributed by atoms with E-state index in [1.54, 1.807) is 33.8 Å². The molecule has 1 N–H and O–H groups in total. The number of hydrogen-bond acceptors (Lipinski definition) is 3. The number of halogens is 1. The van der Waals surface area contributed by atoms with Crippen LogP contribution in [0.2, 0.25) is 0 Å². The lowest BCUT2D eigenvalue weighted by molar-refractivity contribution is -0.156. The standard InChI is InChI=1S/C15H20BrNO3/c1-9-6-7-11(16)8-12(9)13(18)17-10(2)14(19)20-15(3,4)5/h6-8,10H,1-5H3,(H,17,18)/t10-/m1/s1. The normalized spacial score (nSPS) is 12.7. The molecule has 4 nitrogen and oxygen atoms in total. The Kier molecular flexibility index (Phi) is 5.34. The Morgan fingerprint density at radius 2 is 1.90 bits per heavy atom. The van der Waals surface area contributed by atoms with Gasteiger partial charge in [-0.15, -0.1) is 0 Å². The summed E-state index contributed by atoms with van der Waals surface area (Å²) in [5.74, 6) is -0.736. The van der Waals surface area contributed by atoms with Crippen LogP contribution in [0.15, 0.2) is 22.7 Å². The van der Waals surface area contributed by atoms with Gasteiger partial charge in [-0.05, 0) is 52.3 Å². The number of aryl methyl sites for hydroxylation is 1. The SMILES string of the molecule is Cc1ccc(Br)cc1C(=O)N[C@H](C)C(=O)OC(C)(C)C. The van der Waals surface area contributed by atoms with Gasteiger partial charge in [-0.25, -0.2) is 4.79 Å². The summed E-state index contributed by atoms with van der Waals surface area (Å²) in [4.78, 5) is 24.0. The number of carbonyl (C=O) groups excluding carboxylic acids is 2. The molecule has 1 aromatic rings. The molecule has 0 bridgehead atoms. The highest BCUT2D eigenvalue weighted by atomic mass is 79.9. The maximum Gasteiger partial charge on any atom is 0.328 e. The Labute approximate surface area is 128 Å². The minimum atomic E-state index is -0.694. The molecule has 0 saturated carbocycles. The van der Waals surface area contributed by atoms with Crippen LogP contribution >= 0.6 is 15.9 Å². The fourth-order valence-corrected chi connectivity index (χ4v) is 1.92. The predicted molar refractivity (Wildman–Crippen MR) is 81.7 cm³/mol. The highest BCUT2D eigenvalue weighted by molar-refractivity contribution is 9.10. The number of hydrogen-bond donors (Lipinski definition) is 1. The largest absolute Gasteiger partial charge is 0.458 e. The Hall–Kier alpha value is -1.36. The van der Waals surface area contributed by atoms with Gasteiger partial charge in [0.25, 0.3) is 5.91 Å². The van der Waals surface area contributed by atoms with Crippen molar-refractivity contribution in [1.82, 2.24) is 5.32 Å². The third kappa shape index (κ3) is 4.96. The second-order valence-electron chi connectivity index (χ2n) is 5.69. The van der Waals surface area contributed by atoms with Gasteiger partial charge in [-0.3, -0.25) is 4.79 Å². The molecule has 20 heavy (non-hydrogen) atoms. The molecule has 0 spiro atoms. The van der Waals surface area contributed by atoms with Crippen LogP contribution in [0, 0.1) is 6.92 Å². The summed E-state index contributed by atoms with van der Waals surface area (Å²) in [7, 11) is 0. The monoisotopic (exact) mass is 341 g/mol. The molecule has 0 aliphatic rings. The Bertz CT molecular complexity index is 520. The van der Waals surface area contributed by atoms with Crippen LogP contribution in [0.3, 0.4) is 0 Å². The highest BCUT2D eigenvalue weighted by Gasteiger charge is 2.23. The predicted octanol–water partition coefficient (Wildman–Crippen LogP) is 3.22. The van der Waals surface area contributed by atoms with Gasteiger partial charge in [0.1, 0.15) is 11.6 Å². The van der Waals surface area contributed by atoms with Crippen molar-refractivity contribution in [3.05, 3.63) is 33.8 Å². The second kappa shape index (κ2) is 6.39. The lowest BCUT2D eigenvalue weighted by atomic mass is 10.1. The van der Waals surface area contributed by atoms with Crippen molar-refractivity contribution in [2.45, 2.75) is 46.3 Å². The second-order valence-corrected chi connectivity index (χ2v) is 6.60. The molecular weight excluding hydrogens is 322 g/mol. The van der Waals surface area contributed by atoms with Gasteiger partial charge < -0.3 is 10.1 Å². The van der Waals surface area contributed by atoms with Gasteiger partial charge >= 0.3 is 5.97 Å². The summed E-state index contributed by atoms with van der Waals surface area (Å²) >= 11 is 3.33. The smallest absolute Gasteiger partial charge is 0.328 e. The van der Waals surface area contributed by atoms with Crippen LogP contribution in [0.5, 0.6) is 0 Å². The molecule has 1 rings (SSSR count). The van der Waals surface area contributed by atoms with Crippen LogP contribution < -0.4 is 5.32 Å². The fourth-order valence-electron chi connectivity index (χ4n) is 1.56. The van der Waals surface area contributed by atoms with Crippen LogP contribution in [0.25, 0.3) is 0 Å². The van der Waals surface area contributed by atoms with Gasteiger partial charge in [-0.2, -0.15) is 0 Å². The average Bonchev–Trinajstić information content (AvgIpc) is 2.29. The van der Waals surface area contributed by atoms with Crippen LogP contribution in [0.1, 0.15) is 43.6 Å². The molecule has 0 aromatic heterocycles. The Morgan fingerprint density at radius 1 is 1.30 bits per heavy atom. The molecule has 0 radical (unpaired) electrons. The molecule has 0 unspecified atom stereocenters. The molecule has 0 saturated heterocycles. The van der Waals surface area contributed by atoms with Crippen molar-refractivity contribution in [3.8, 4) is 0 Å². The molecule has 1 aromatic carbocycles. The van der Waals surface area contributed by atoms with E-state index in [1.807, 2.05) is 19.1 Å². The summed E-state index contributed by atoms with van der Waals surface area (Å²) in [5.41, 5.74) is 0.818. The van der Waals surface area contributed by atoms with E-state index >= 15 is 0 Å². The van der Waals surface area contributed by atoms with Gasteiger partial charge in [-0.1, -0.05) is 22.0 Å². The minimum absolute atomic E-state index is 0.290. The van der Waals surface area contributed by atoms with Gasteiger partial charge in [0, 0.05) is 10.0 Å². The van der Waals surface area contributed by atoms with Crippen molar-refractivity contribution >= 4 is 27.8 Å². The van der Waals surface area contributed by atoms with Crippen molar-refractivity contribution in [1.29, 1.82) is 0 Å². The minimum Gasteiger partial charge on any atom is -0.458 e. The maximum absolute atomic E-state index is 12.2. The van der Waals surface area contributed by atoms with E-state index in [0.29, 0.717) is 5.56 Å². The summed E-state index contributed by atoms with van der Waals surface area (Å²) in [6.07, 6.45) is 0. The lowest BCUT2D eigenvalue weighted by Gasteiger charge is -2.22. The van der Waals surface area contributed by atoms with E-state index in [0.717, 1.165) is 10.0 Å². The molecule has 0 fully saturated rings. The first-order valence-corrected chi connectivity index (χ1v) is 7.19. The first kappa shape index (κ1) is 16.7. The molecule has 110 valence electrons. The molecule has 0 heterocycles. The zero-order valence-corrected chi connectivity index (χ0v) is 14.0. The molecule has 1 atom stereocenters. The number of benzene rings is 1. The topological polar surface area (TPSA) is 55.4 Å². The van der Waals surface area contributed by atoms with Crippen LogP contribution in [-0.2, 0) is 9.53 Å². The number of carbonyl (C=O) groups is 2. The van der Waals surface area contributed by atoms with E-state index in [4.69, 9.17) is 4.74 Å². The van der Waals surface area contributed by atoms with Crippen molar-refractivity contribution in [2.75, 3.05) is 0 Å². The Balaban J connectivity index is 2.75. The third-order valence-electron chi connectivity index (χ3n) is 2.55. The summed E-state index contributed by atoms with van der Waals surface area (Å²) in [6.45, 7) is 8.83. The van der Waals surface area contributed by atoms with Gasteiger partial charge in [0.05, 0.1) is 0 Å². The summed E-state index contributed by atoms with van der Waals surface area (Å²) in [5, 5.41) is 2.65. The third-order valence-corrected chi connectivity index (χ3v) is 3.05. The molecule has 0 aliphatic heterocycles. The molecule has 0 aliphatic carbocycles. The van der Waals surface area contributed by atoms with Crippen molar-refractivity contribution in [3.63, 3.8) is 0 Å². The number of rotatable bonds is 3. The summed E-state index contributed by atoms with van der Waals surface area (Å²) < 4.78 is 6.05. The number of ether oxygens (including phenoxy) is 1. The van der Waals surface area contributed by atoms with E-state index in [1.165, 1.54) is 0 Å². The lowest BCUT2D eigenvalue weighted by Crippen LogP contribution is -2.42. The number of amides is 1. The quantitative estimate of drug-likeness (QED) is 0.858. The molecular formula is C15H20BrNO3. The van der Waals surface area contributed by atoms with Gasteiger partial charge in [0.2, 0.25) is 0 Å². The van der Waals surface area contributed by atoms with Crippen molar-refractivity contribution < 1.29 is 14.3 Å². The first-order chi connectivity index (χ1) is 9.10. The average molecular weight is 342 g/mol. The van der Waals surface area contributed by atoms with E-state index < -0.39 is 17.6 Å². The van der Waals surface area contributed by atoms with E-state index in [9.17, 15) is 9.59 Å². The van der Waals surface area contributed by atoms with Crippen molar-refractivity contribution in [2.24, 2.45) is 0 Å². The fraction of sp³-hybridized carbons (Fsp3) is 0.467. The van der Waals surface area contributed by atoms with E-state index in [2.05, 4.69) is 21.2 Å². The zero-order valence-electron chi connectivity index (χ0n) is 12.4. The first-order valence-electron chi connectivity index (χ1n) is 6.40. The van der Waals surface area contributed by atoms with E-state index in [-0.39, 0.29) is 5.91 Å². The molecule has 1 amide bonds. The molecule has 5 heteroatoms. The highest BCUT2D eigenvalue weighted by Crippen LogP contribution is 2.16. The van der Waals surface area contributed by atoms with Gasteiger partial charge in [0.15, 0.2) is 0 Å². The van der Waals surface area contributed by atoms with Crippen LogP contribution in [0.4, 0.5) is 0 Å². The van der Waals surface area contributed by atoms with Crippen LogP contribution in [-0.4, -0.2) is 23.5 Å². The number of nitrogens with one attached hydrogen (secondary N) is 1.